The third-order valence-electron chi connectivity index (χ3n) is 6.45. The number of methoxy groups -OCH3 is 1. The Hall–Kier alpha value is -3.49. The minimum absolute atomic E-state index is 0.110. The van der Waals surface area contributed by atoms with Crippen LogP contribution in [0.2, 0.25) is 0 Å². The first kappa shape index (κ1) is 23.7. The summed E-state index contributed by atoms with van der Waals surface area (Å²) < 4.78 is 38.3. The van der Waals surface area contributed by atoms with Crippen LogP contribution < -0.4 is 14.9 Å². The number of aromatic carboxylic acids is 1. The van der Waals surface area contributed by atoms with Crippen LogP contribution in [0.1, 0.15) is 53.9 Å². The molecule has 9 heteroatoms. The van der Waals surface area contributed by atoms with E-state index in [1.165, 1.54) is 17.7 Å². The Kier molecular flexibility index (Phi) is 5.62. The van der Waals surface area contributed by atoms with E-state index in [4.69, 9.17) is 9.47 Å². The molecule has 1 aromatic carbocycles. The SMILES string of the molecule is COc1c(C(=O)O)c(=O)c2c(n1C)-c1cc(OC(F)F)c3nc(C)ccc3c1CC2C(C)(C)C. The summed E-state index contributed by atoms with van der Waals surface area (Å²) in [5.41, 5.74) is 1.55. The van der Waals surface area contributed by atoms with E-state index in [0.717, 1.165) is 5.56 Å². The molecule has 0 saturated heterocycles. The second-order valence-electron chi connectivity index (χ2n) is 9.59. The van der Waals surface area contributed by atoms with Gasteiger partial charge in [0.2, 0.25) is 11.3 Å². The molecule has 0 spiro atoms. The number of aryl methyl sites for hydroxylation is 1. The zero-order valence-electron chi connectivity index (χ0n) is 19.8. The molecule has 1 aliphatic carbocycles. The van der Waals surface area contributed by atoms with Crippen LogP contribution in [0.15, 0.2) is 23.0 Å². The van der Waals surface area contributed by atoms with Gasteiger partial charge in [0.05, 0.1) is 12.8 Å². The van der Waals surface area contributed by atoms with Gasteiger partial charge >= 0.3 is 12.6 Å². The van der Waals surface area contributed by atoms with Crippen molar-refractivity contribution in [2.75, 3.05) is 7.11 Å². The first-order chi connectivity index (χ1) is 15.9. The molecule has 0 aliphatic heterocycles. The van der Waals surface area contributed by atoms with E-state index in [2.05, 4.69) is 4.98 Å². The van der Waals surface area contributed by atoms with Gasteiger partial charge < -0.3 is 19.1 Å². The van der Waals surface area contributed by atoms with Crippen molar-refractivity contribution in [1.82, 2.24) is 9.55 Å². The molecule has 180 valence electrons. The number of aromatic nitrogens is 2. The number of ether oxygens (including phenoxy) is 2. The number of pyridine rings is 2. The normalized spacial score (nSPS) is 15.3. The number of halogens is 2. The Bertz CT molecular complexity index is 1390. The molecule has 2 aromatic heterocycles. The fourth-order valence-corrected chi connectivity index (χ4v) is 4.95. The second-order valence-corrected chi connectivity index (χ2v) is 9.59. The molecule has 0 fully saturated rings. The van der Waals surface area contributed by atoms with E-state index in [1.807, 2.05) is 26.8 Å². The van der Waals surface area contributed by atoms with Crippen molar-refractivity contribution in [3.63, 3.8) is 0 Å². The average Bonchev–Trinajstić information content (AvgIpc) is 2.73. The minimum atomic E-state index is -3.07. The van der Waals surface area contributed by atoms with E-state index in [9.17, 15) is 23.5 Å². The molecular weight excluding hydrogens is 446 g/mol. The third kappa shape index (κ3) is 3.59. The van der Waals surface area contributed by atoms with Gasteiger partial charge in [-0.25, -0.2) is 9.78 Å². The van der Waals surface area contributed by atoms with Crippen LogP contribution in [-0.4, -0.2) is 34.3 Å². The number of rotatable bonds is 4. The molecule has 1 atom stereocenters. The predicted octanol–water partition coefficient (Wildman–Crippen LogP) is 4.90. The Labute approximate surface area is 195 Å². The Morgan fingerprint density at radius 3 is 2.53 bits per heavy atom. The minimum Gasteiger partial charge on any atom is -0.481 e. The maximum Gasteiger partial charge on any atom is 0.387 e. The van der Waals surface area contributed by atoms with E-state index < -0.39 is 29.0 Å². The molecule has 2 heterocycles. The lowest BCUT2D eigenvalue weighted by Crippen LogP contribution is -2.35. The zero-order valence-corrected chi connectivity index (χ0v) is 19.8. The van der Waals surface area contributed by atoms with Gasteiger partial charge in [0.15, 0.2) is 11.3 Å². The smallest absolute Gasteiger partial charge is 0.387 e. The summed E-state index contributed by atoms with van der Waals surface area (Å²) in [4.78, 5) is 30.1. The largest absolute Gasteiger partial charge is 0.481 e. The number of hydrogen-bond acceptors (Lipinski definition) is 5. The van der Waals surface area contributed by atoms with Gasteiger partial charge in [0.1, 0.15) is 5.52 Å². The number of benzene rings is 1. The molecule has 34 heavy (non-hydrogen) atoms. The Morgan fingerprint density at radius 1 is 1.29 bits per heavy atom. The number of carboxylic acids is 1. The van der Waals surface area contributed by atoms with Crippen LogP contribution in [0.3, 0.4) is 0 Å². The maximum atomic E-state index is 13.6. The second kappa shape index (κ2) is 8.07. The van der Waals surface area contributed by atoms with Crippen molar-refractivity contribution >= 4 is 16.9 Å². The Morgan fingerprint density at radius 2 is 1.97 bits per heavy atom. The van der Waals surface area contributed by atoms with Crippen LogP contribution in [0.25, 0.3) is 22.2 Å². The number of fused-ring (bicyclic) bond motifs is 5. The summed E-state index contributed by atoms with van der Waals surface area (Å²) in [5, 5.41) is 10.4. The highest BCUT2D eigenvalue weighted by Gasteiger charge is 2.40. The molecule has 1 aliphatic rings. The molecule has 0 radical (unpaired) electrons. The quantitative estimate of drug-likeness (QED) is 0.581. The van der Waals surface area contributed by atoms with Crippen molar-refractivity contribution in [3.05, 3.63) is 50.8 Å². The van der Waals surface area contributed by atoms with Gasteiger partial charge in [-0.05, 0) is 42.4 Å². The van der Waals surface area contributed by atoms with Crippen molar-refractivity contribution in [1.29, 1.82) is 0 Å². The first-order valence-electron chi connectivity index (χ1n) is 10.8. The van der Waals surface area contributed by atoms with Crippen LogP contribution >= 0.6 is 0 Å². The number of hydrogen-bond donors (Lipinski definition) is 1. The monoisotopic (exact) mass is 472 g/mol. The summed E-state index contributed by atoms with van der Waals surface area (Å²) in [5.74, 6) is -1.96. The van der Waals surface area contributed by atoms with Crippen LogP contribution in [0, 0.1) is 12.3 Å². The van der Waals surface area contributed by atoms with Gasteiger partial charge in [0.25, 0.3) is 0 Å². The van der Waals surface area contributed by atoms with Crippen molar-refractivity contribution in [3.8, 4) is 22.9 Å². The van der Waals surface area contributed by atoms with Crippen LogP contribution in [0.5, 0.6) is 11.6 Å². The fourth-order valence-electron chi connectivity index (χ4n) is 4.95. The van der Waals surface area contributed by atoms with E-state index in [-0.39, 0.29) is 17.5 Å². The maximum absolute atomic E-state index is 13.6. The number of alkyl halides is 2. The van der Waals surface area contributed by atoms with Gasteiger partial charge in [-0.1, -0.05) is 26.8 Å². The standard InChI is InChI=1S/C25H26F2N2O5/c1-11-7-8-12-13-9-15(25(2,3)4)17-20(14(13)10-16(19(12)28-11)34-24(26)27)29(5)22(33-6)18(21(17)30)23(31)32/h7-8,10,15,24H,9H2,1-6H3,(H,31,32). The highest BCUT2D eigenvalue weighted by Crippen LogP contribution is 2.50. The lowest BCUT2D eigenvalue weighted by molar-refractivity contribution is -0.0489. The van der Waals surface area contributed by atoms with Crippen LogP contribution in [0.4, 0.5) is 8.78 Å². The fraction of sp³-hybridized carbons (Fsp3) is 0.400. The molecule has 0 bridgehead atoms. The van der Waals surface area contributed by atoms with E-state index in [1.54, 1.807) is 20.0 Å². The number of carbonyl (C=O) groups is 1. The molecule has 7 nitrogen and oxygen atoms in total. The highest BCUT2D eigenvalue weighted by atomic mass is 19.3. The lowest BCUT2D eigenvalue weighted by Gasteiger charge is -2.38. The summed E-state index contributed by atoms with van der Waals surface area (Å²) in [6.07, 6.45) is 0.405. The van der Waals surface area contributed by atoms with Gasteiger partial charge in [-0.15, -0.1) is 0 Å². The average molecular weight is 472 g/mol. The highest BCUT2D eigenvalue weighted by molar-refractivity contribution is 5.97. The van der Waals surface area contributed by atoms with Gasteiger partial charge in [0, 0.05) is 29.3 Å². The number of nitrogens with zero attached hydrogens (tertiary/aromatic N) is 2. The first-order valence-corrected chi connectivity index (χ1v) is 10.8. The topological polar surface area (TPSA) is 90.7 Å². The van der Waals surface area contributed by atoms with Crippen molar-refractivity contribution in [2.24, 2.45) is 12.5 Å². The Balaban J connectivity index is 2.22. The molecule has 4 rings (SSSR count). The van der Waals surface area contributed by atoms with E-state index >= 15 is 0 Å². The molecular formula is C25H26F2N2O5. The molecule has 1 N–H and O–H groups in total. The predicted molar refractivity (Wildman–Crippen MR) is 123 cm³/mol. The zero-order chi connectivity index (χ0) is 25.1. The summed E-state index contributed by atoms with van der Waals surface area (Å²) in [6, 6.07) is 5.08. The van der Waals surface area contributed by atoms with Gasteiger partial charge in [-0.3, -0.25) is 4.79 Å². The van der Waals surface area contributed by atoms with E-state index in [0.29, 0.717) is 39.8 Å². The molecule has 0 amide bonds. The molecule has 0 saturated carbocycles. The molecule has 1 unspecified atom stereocenters. The number of carboxylic acid groups (broad SMARTS) is 1. The summed E-state index contributed by atoms with van der Waals surface area (Å²) in [7, 11) is 2.89. The third-order valence-corrected chi connectivity index (χ3v) is 6.45. The summed E-state index contributed by atoms with van der Waals surface area (Å²) in [6.45, 7) is 4.64. The lowest BCUT2D eigenvalue weighted by atomic mass is 9.67. The summed E-state index contributed by atoms with van der Waals surface area (Å²) >= 11 is 0. The molecule has 3 aromatic rings. The van der Waals surface area contributed by atoms with Crippen molar-refractivity contribution < 1.29 is 28.2 Å². The van der Waals surface area contributed by atoms with Gasteiger partial charge in [-0.2, -0.15) is 8.78 Å². The van der Waals surface area contributed by atoms with Crippen molar-refractivity contribution in [2.45, 2.75) is 46.6 Å². The van der Waals surface area contributed by atoms with Crippen LogP contribution in [-0.2, 0) is 13.5 Å².